The van der Waals surface area contributed by atoms with Crippen molar-refractivity contribution in [2.45, 2.75) is 45.2 Å². The van der Waals surface area contributed by atoms with Gasteiger partial charge < -0.3 is 10.6 Å². The van der Waals surface area contributed by atoms with E-state index >= 15 is 0 Å². The summed E-state index contributed by atoms with van der Waals surface area (Å²) in [6.45, 7) is 0.600. The fraction of sp³-hybridized carbons (Fsp3) is 0.312. The first kappa shape index (κ1) is 28.4. The molecule has 1 fully saturated rings. The van der Waals surface area contributed by atoms with Crippen molar-refractivity contribution in [1.82, 2.24) is 14.5 Å². The number of para-hydroxylation sites is 1. The summed E-state index contributed by atoms with van der Waals surface area (Å²) >= 11 is 6.03. The van der Waals surface area contributed by atoms with Crippen molar-refractivity contribution in [2.24, 2.45) is 11.8 Å². The summed E-state index contributed by atoms with van der Waals surface area (Å²) in [5.41, 5.74) is 1.24. The van der Waals surface area contributed by atoms with Crippen LogP contribution in [0.25, 0.3) is 10.9 Å². The third-order valence-corrected chi connectivity index (χ3v) is 7.99. The Hall–Kier alpha value is -4.17. The number of benzene rings is 3. The van der Waals surface area contributed by atoms with Gasteiger partial charge in [-0.05, 0) is 73.9 Å². The van der Waals surface area contributed by atoms with Crippen LogP contribution >= 0.6 is 11.6 Å². The zero-order chi connectivity index (χ0) is 28.8. The number of hydrogen-bond acceptors (Lipinski definition) is 4. The van der Waals surface area contributed by atoms with E-state index in [-0.39, 0.29) is 36.4 Å². The van der Waals surface area contributed by atoms with Crippen molar-refractivity contribution < 1.29 is 9.59 Å². The highest BCUT2D eigenvalue weighted by atomic mass is 35.5. The summed E-state index contributed by atoms with van der Waals surface area (Å²) in [4.78, 5) is 52.6. The zero-order valence-electron chi connectivity index (χ0n) is 22.7. The maximum absolute atomic E-state index is 13.6. The van der Waals surface area contributed by atoms with Crippen molar-refractivity contribution in [3.63, 3.8) is 0 Å². The van der Waals surface area contributed by atoms with Crippen molar-refractivity contribution in [2.75, 3.05) is 11.9 Å². The van der Waals surface area contributed by atoms with Crippen LogP contribution in [0, 0.1) is 11.8 Å². The van der Waals surface area contributed by atoms with Crippen molar-refractivity contribution >= 4 is 40.0 Å². The van der Waals surface area contributed by atoms with Gasteiger partial charge in [0.2, 0.25) is 11.8 Å². The Balaban J connectivity index is 1.25. The summed E-state index contributed by atoms with van der Waals surface area (Å²) in [7, 11) is 0. The van der Waals surface area contributed by atoms with Crippen LogP contribution in [0.2, 0.25) is 5.02 Å². The predicted octanol–water partition coefficient (Wildman–Crippen LogP) is 4.62. The Kier molecular flexibility index (Phi) is 8.99. The maximum atomic E-state index is 13.6. The minimum Gasteiger partial charge on any atom is -0.356 e. The topological polar surface area (TPSA) is 102 Å². The third-order valence-electron chi connectivity index (χ3n) is 7.76. The molecule has 4 aromatic rings. The normalized spacial score (nSPS) is 16.8. The van der Waals surface area contributed by atoms with E-state index in [1.54, 1.807) is 48.5 Å². The van der Waals surface area contributed by atoms with Gasteiger partial charge in [-0.3, -0.25) is 23.5 Å². The van der Waals surface area contributed by atoms with Gasteiger partial charge in [-0.15, -0.1) is 0 Å². The second-order valence-corrected chi connectivity index (χ2v) is 11.0. The molecule has 212 valence electrons. The molecule has 0 unspecified atom stereocenters. The molecule has 2 amide bonds. The molecule has 9 heteroatoms. The maximum Gasteiger partial charge on any atom is 0.331 e. The molecule has 41 heavy (non-hydrogen) atoms. The zero-order valence-corrected chi connectivity index (χ0v) is 23.5. The summed E-state index contributed by atoms with van der Waals surface area (Å²) in [5, 5.41) is 6.69. The van der Waals surface area contributed by atoms with E-state index < -0.39 is 11.6 Å². The minimum atomic E-state index is -0.518. The number of fused-ring (bicyclic) bond motifs is 1. The smallest absolute Gasteiger partial charge is 0.331 e. The number of carbonyl (C=O) groups excluding carboxylic acids is 2. The Morgan fingerprint density at radius 1 is 0.854 bits per heavy atom. The Bertz CT molecular complexity index is 1660. The highest BCUT2D eigenvalue weighted by Gasteiger charge is 2.27. The van der Waals surface area contributed by atoms with Gasteiger partial charge in [-0.2, -0.15) is 0 Å². The lowest BCUT2D eigenvalue weighted by atomic mass is 9.81. The number of amides is 2. The molecule has 0 bridgehead atoms. The first-order valence-electron chi connectivity index (χ1n) is 14.0. The fourth-order valence-electron chi connectivity index (χ4n) is 5.58. The van der Waals surface area contributed by atoms with E-state index in [0.717, 1.165) is 19.3 Å². The summed E-state index contributed by atoms with van der Waals surface area (Å²) in [6, 6.07) is 23.7. The van der Waals surface area contributed by atoms with Gasteiger partial charge in [0.15, 0.2) is 0 Å². The molecule has 3 aromatic carbocycles. The van der Waals surface area contributed by atoms with Crippen molar-refractivity contribution in [1.29, 1.82) is 0 Å². The van der Waals surface area contributed by atoms with Gasteiger partial charge in [0.25, 0.3) is 5.56 Å². The van der Waals surface area contributed by atoms with Gasteiger partial charge in [-0.25, -0.2) is 4.79 Å². The van der Waals surface area contributed by atoms with Gasteiger partial charge in [-0.1, -0.05) is 60.1 Å². The number of halogens is 1. The molecule has 0 atom stereocenters. The lowest BCUT2D eigenvalue weighted by Crippen LogP contribution is -2.43. The van der Waals surface area contributed by atoms with Gasteiger partial charge >= 0.3 is 5.69 Å². The molecule has 8 nitrogen and oxygen atoms in total. The van der Waals surface area contributed by atoms with Crippen LogP contribution in [0.1, 0.15) is 31.2 Å². The molecule has 0 saturated heterocycles. The quantitative estimate of drug-likeness (QED) is 0.305. The lowest BCUT2D eigenvalue weighted by molar-refractivity contribution is -0.126. The number of nitrogens with one attached hydrogen (secondary N) is 2. The minimum absolute atomic E-state index is 0.0651. The molecule has 1 aliphatic rings. The van der Waals surface area contributed by atoms with Crippen LogP contribution in [0.5, 0.6) is 0 Å². The number of anilines is 1. The molecule has 1 heterocycles. The van der Waals surface area contributed by atoms with Crippen LogP contribution < -0.4 is 21.9 Å². The number of rotatable bonds is 9. The Labute approximate surface area is 243 Å². The lowest BCUT2D eigenvalue weighted by Gasteiger charge is -2.28. The number of aromatic nitrogens is 2. The van der Waals surface area contributed by atoms with E-state index in [9.17, 15) is 19.2 Å². The second-order valence-electron chi connectivity index (χ2n) is 10.6. The van der Waals surface area contributed by atoms with Gasteiger partial charge in [0, 0.05) is 29.7 Å². The molecular weight excluding hydrogens is 540 g/mol. The van der Waals surface area contributed by atoms with Gasteiger partial charge in [0.05, 0.1) is 10.9 Å². The third kappa shape index (κ3) is 6.95. The van der Waals surface area contributed by atoms with E-state index in [4.69, 9.17) is 11.6 Å². The van der Waals surface area contributed by atoms with Crippen molar-refractivity contribution in [3.8, 4) is 0 Å². The average molecular weight is 573 g/mol. The van der Waals surface area contributed by atoms with Gasteiger partial charge in [0.1, 0.15) is 6.54 Å². The first-order chi connectivity index (χ1) is 19.9. The Morgan fingerprint density at radius 3 is 2.34 bits per heavy atom. The van der Waals surface area contributed by atoms with Crippen LogP contribution in [-0.4, -0.2) is 27.5 Å². The molecule has 0 aliphatic heterocycles. The standard InChI is InChI=1S/C32H33ClN4O4/c33-25-9-6-10-26(19-25)35-29(38)21-36-28-12-5-4-11-27(28)31(40)37(32(36)41)20-23-13-15-24(16-14-23)30(39)34-18-17-22-7-2-1-3-8-22/h1-12,19,23-24H,13-18,20-21H2,(H,34,39)(H,35,38). The van der Waals surface area contributed by atoms with Crippen LogP contribution in [0.4, 0.5) is 5.69 Å². The molecule has 1 saturated carbocycles. The number of carbonyl (C=O) groups is 2. The highest BCUT2D eigenvalue weighted by molar-refractivity contribution is 6.30. The molecule has 1 aromatic heterocycles. The number of nitrogens with zero attached hydrogens (tertiary/aromatic N) is 2. The molecule has 5 rings (SSSR count). The molecule has 0 spiro atoms. The van der Waals surface area contributed by atoms with E-state index in [1.165, 1.54) is 14.7 Å². The monoisotopic (exact) mass is 572 g/mol. The highest BCUT2D eigenvalue weighted by Crippen LogP contribution is 2.29. The predicted molar refractivity (Wildman–Crippen MR) is 161 cm³/mol. The van der Waals surface area contributed by atoms with E-state index in [2.05, 4.69) is 10.6 Å². The molecule has 0 radical (unpaired) electrons. The summed E-state index contributed by atoms with van der Waals surface area (Å²) in [5.74, 6) is -0.315. The SMILES string of the molecule is O=C(Cn1c(=O)n(CC2CCC(C(=O)NCCc3ccccc3)CC2)c(=O)c2ccccc21)Nc1cccc(Cl)c1. The number of hydrogen-bond donors (Lipinski definition) is 2. The van der Waals surface area contributed by atoms with Crippen LogP contribution in [-0.2, 0) is 29.1 Å². The van der Waals surface area contributed by atoms with Crippen LogP contribution in [0.15, 0.2) is 88.5 Å². The summed E-state index contributed by atoms with van der Waals surface area (Å²) in [6.07, 6.45) is 3.69. The second kappa shape index (κ2) is 13.0. The van der Waals surface area contributed by atoms with Crippen molar-refractivity contribution in [3.05, 3.63) is 110 Å². The molecular formula is C32H33ClN4O4. The first-order valence-corrected chi connectivity index (χ1v) is 14.4. The summed E-state index contributed by atoms with van der Waals surface area (Å²) < 4.78 is 2.60. The molecule has 2 N–H and O–H groups in total. The van der Waals surface area contributed by atoms with Crippen LogP contribution in [0.3, 0.4) is 0 Å². The average Bonchev–Trinajstić information content (AvgIpc) is 2.98. The molecule has 1 aliphatic carbocycles. The van der Waals surface area contributed by atoms with E-state index in [1.807, 2.05) is 30.3 Å². The Morgan fingerprint density at radius 2 is 1.59 bits per heavy atom. The largest absolute Gasteiger partial charge is 0.356 e. The van der Waals surface area contributed by atoms with E-state index in [0.29, 0.717) is 41.0 Å². The fourth-order valence-corrected chi connectivity index (χ4v) is 5.77.